The number of carboxylic acid groups (broad SMARTS) is 1. The Morgan fingerprint density at radius 2 is 1.88 bits per heavy atom. The number of anilines is 2. The fourth-order valence-electron chi connectivity index (χ4n) is 5.68. The zero-order chi connectivity index (χ0) is 29.5. The molecule has 2 aliphatic heterocycles. The monoisotopic (exact) mass is 589 g/mol. The van der Waals surface area contributed by atoms with Gasteiger partial charge in [-0.3, -0.25) is 4.79 Å². The topological polar surface area (TPSA) is 114 Å². The Morgan fingerprint density at radius 3 is 2.51 bits per heavy atom. The summed E-state index contributed by atoms with van der Waals surface area (Å²) in [6.07, 6.45) is -5.18. The molecule has 0 aliphatic carbocycles. The average Bonchev–Trinajstić information content (AvgIpc) is 3.32. The van der Waals surface area contributed by atoms with Crippen LogP contribution >= 0.6 is 11.6 Å². The number of piperidine rings is 1. The molecule has 2 atom stereocenters. The number of ether oxygens (including phenoxy) is 1. The number of nitrogens with zero attached hydrogens (tertiary/aromatic N) is 3. The van der Waals surface area contributed by atoms with Gasteiger partial charge >= 0.3 is 12.1 Å². The van der Waals surface area contributed by atoms with Crippen LogP contribution < -0.4 is 20.7 Å². The van der Waals surface area contributed by atoms with Gasteiger partial charge in [0.05, 0.1) is 0 Å². The molecule has 3 aromatic rings. The predicted molar refractivity (Wildman–Crippen MR) is 150 cm³/mol. The number of hydrogen-bond donors (Lipinski definition) is 3. The van der Waals surface area contributed by atoms with Crippen LogP contribution in [0.2, 0.25) is 5.02 Å². The average molecular weight is 590 g/mol. The number of nitrogen functional groups attached to an aromatic ring is 1. The third-order valence-electron chi connectivity index (χ3n) is 8.16. The highest BCUT2D eigenvalue weighted by Gasteiger charge is 2.46. The number of halogens is 4. The van der Waals surface area contributed by atoms with Gasteiger partial charge in [-0.05, 0) is 72.9 Å². The second kappa shape index (κ2) is 11.0. The lowest BCUT2D eigenvalue weighted by Gasteiger charge is -2.39. The Kier molecular flexibility index (Phi) is 7.78. The fourth-order valence-corrected chi connectivity index (χ4v) is 5.85. The van der Waals surface area contributed by atoms with Crippen LogP contribution in [0, 0.1) is 19.3 Å². The van der Waals surface area contributed by atoms with Crippen LogP contribution in [-0.4, -0.2) is 52.9 Å². The van der Waals surface area contributed by atoms with E-state index in [2.05, 4.69) is 15.3 Å². The third-order valence-corrected chi connectivity index (χ3v) is 8.40. The molecular formula is C29H31ClF3N5O3. The smallest absolute Gasteiger partial charge is 0.429 e. The molecule has 41 heavy (non-hydrogen) atoms. The van der Waals surface area contributed by atoms with Crippen LogP contribution in [0.3, 0.4) is 0 Å². The van der Waals surface area contributed by atoms with Gasteiger partial charge in [-0.25, -0.2) is 0 Å². The number of nitrogens with two attached hydrogens (primary N) is 1. The van der Waals surface area contributed by atoms with E-state index in [1.54, 1.807) is 6.07 Å². The second-order valence-electron chi connectivity index (χ2n) is 11.0. The molecule has 2 aromatic carbocycles. The van der Waals surface area contributed by atoms with Crippen LogP contribution in [0.5, 0.6) is 5.88 Å². The van der Waals surface area contributed by atoms with E-state index in [-0.39, 0.29) is 22.8 Å². The molecular weight excluding hydrogens is 559 g/mol. The van der Waals surface area contributed by atoms with Gasteiger partial charge in [-0.2, -0.15) is 23.1 Å². The largest absolute Gasteiger partial charge is 0.480 e. The van der Waals surface area contributed by atoms with Crippen molar-refractivity contribution in [3.63, 3.8) is 0 Å². The number of rotatable bonds is 6. The van der Waals surface area contributed by atoms with Crippen LogP contribution in [0.1, 0.15) is 42.1 Å². The molecule has 5 rings (SSSR count). The van der Waals surface area contributed by atoms with Crippen molar-refractivity contribution >= 4 is 29.3 Å². The number of benzene rings is 2. The summed E-state index contributed by atoms with van der Waals surface area (Å²) in [7, 11) is 0. The Hall–Kier alpha value is -3.57. The van der Waals surface area contributed by atoms with E-state index in [0.717, 1.165) is 11.1 Å². The van der Waals surface area contributed by atoms with E-state index >= 15 is 0 Å². The highest BCUT2D eigenvalue weighted by atomic mass is 35.5. The Labute approximate surface area is 240 Å². The Balaban J connectivity index is 1.42. The molecule has 0 bridgehead atoms. The van der Waals surface area contributed by atoms with Crippen molar-refractivity contribution in [2.24, 2.45) is 5.41 Å². The van der Waals surface area contributed by atoms with Crippen molar-refractivity contribution in [2.75, 3.05) is 30.3 Å². The first-order valence-corrected chi connectivity index (χ1v) is 13.7. The first-order chi connectivity index (χ1) is 19.3. The van der Waals surface area contributed by atoms with E-state index in [1.807, 2.05) is 30.9 Å². The van der Waals surface area contributed by atoms with E-state index < -0.39 is 24.3 Å². The number of carboxylic acids is 1. The minimum Gasteiger partial charge on any atom is -0.480 e. The molecule has 1 unspecified atom stereocenters. The lowest BCUT2D eigenvalue weighted by molar-refractivity contribution is -0.198. The number of alkyl halides is 3. The van der Waals surface area contributed by atoms with Crippen LogP contribution in [0.25, 0.3) is 11.1 Å². The van der Waals surface area contributed by atoms with Crippen LogP contribution in [0.15, 0.2) is 42.5 Å². The van der Waals surface area contributed by atoms with Gasteiger partial charge in [0, 0.05) is 36.3 Å². The summed E-state index contributed by atoms with van der Waals surface area (Å²) in [5.41, 5.74) is 8.51. The molecule has 1 aromatic heterocycles. The summed E-state index contributed by atoms with van der Waals surface area (Å²) in [5, 5.41) is 12.7. The van der Waals surface area contributed by atoms with Crippen molar-refractivity contribution in [3.8, 4) is 17.0 Å². The molecule has 2 fully saturated rings. The summed E-state index contributed by atoms with van der Waals surface area (Å²) in [4.78, 5) is 21.5. The van der Waals surface area contributed by atoms with Gasteiger partial charge in [-0.1, -0.05) is 35.9 Å². The van der Waals surface area contributed by atoms with E-state index in [1.165, 1.54) is 24.3 Å². The van der Waals surface area contributed by atoms with Gasteiger partial charge in [0.25, 0.3) is 0 Å². The van der Waals surface area contributed by atoms with E-state index in [9.17, 15) is 23.1 Å². The normalized spacial score (nSPS) is 19.4. The molecule has 0 amide bonds. The minimum absolute atomic E-state index is 0.106. The number of nitrogens with one attached hydrogen (secondary N) is 1. The molecule has 3 heterocycles. The zero-order valence-electron chi connectivity index (χ0n) is 22.6. The van der Waals surface area contributed by atoms with Gasteiger partial charge in [0.15, 0.2) is 0 Å². The molecule has 8 nitrogen and oxygen atoms in total. The molecule has 2 saturated heterocycles. The van der Waals surface area contributed by atoms with Crippen molar-refractivity contribution in [2.45, 2.75) is 51.4 Å². The lowest BCUT2D eigenvalue weighted by Crippen LogP contribution is -2.41. The first-order valence-electron chi connectivity index (χ1n) is 13.3. The van der Waals surface area contributed by atoms with Crippen LogP contribution in [0.4, 0.5) is 24.9 Å². The number of aryl methyl sites for hydroxylation is 2. The van der Waals surface area contributed by atoms with Crippen molar-refractivity contribution in [1.82, 2.24) is 15.3 Å². The minimum atomic E-state index is -4.78. The summed E-state index contributed by atoms with van der Waals surface area (Å²) < 4.78 is 49.2. The molecule has 2 aliphatic rings. The molecule has 0 radical (unpaired) electrons. The Bertz CT molecular complexity index is 1460. The van der Waals surface area contributed by atoms with Gasteiger partial charge in [0.1, 0.15) is 11.9 Å². The maximum Gasteiger partial charge on any atom is 0.429 e. The number of aromatic nitrogens is 2. The highest BCUT2D eigenvalue weighted by molar-refractivity contribution is 6.30. The second-order valence-corrected chi connectivity index (χ2v) is 11.4. The van der Waals surface area contributed by atoms with E-state index in [4.69, 9.17) is 22.1 Å². The SMILES string of the molecule is Cc1ccc(-c2cc(Cl)ccc2[C@@H](Oc2cc(N3CCC4(CC3)CNC(C(=O)O)C4)nc(N)n2)C(F)(F)F)cc1C. The van der Waals surface area contributed by atoms with Crippen molar-refractivity contribution < 1.29 is 27.8 Å². The first kappa shape index (κ1) is 28.9. The summed E-state index contributed by atoms with van der Waals surface area (Å²) in [6.45, 7) is 5.51. The molecule has 12 heteroatoms. The van der Waals surface area contributed by atoms with Gasteiger partial charge < -0.3 is 25.8 Å². The molecule has 218 valence electrons. The Morgan fingerprint density at radius 1 is 1.15 bits per heavy atom. The maximum atomic E-state index is 14.6. The van der Waals surface area contributed by atoms with E-state index in [0.29, 0.717) is 60.9 Å². The number of aliphatic carboxylic acids is 1. The van der Waals surface area contributed by atoms with Crippen molar-refractivity contribution in [3.05, 3.63) is 64.2 Å². The predicted octanol–water partition coefficient (Wildman–Crippen LogP) is 5.71. The number of carbonyl (C=O) groups is 1. The summed E-state index contributed by atoms with van der Waals surface area (Å²) >= 11 is 6.22. The zero-order valence-corrected chi connectivity index (χ0v) is 23.4. The quantitative estimate of drug-likeness (QED) is 0.335. The van der Waals surface area contributed by atoms with Gasteiger partial charge in [-0.15, -0.1) is 0 Å². The molecule has 1 spiro atoms. The maximum absolute atomic E-state index is 14.6. The highest BCUT2D eigenvalue weighted by Crippen LogP contribution is 2.43. The third kappa shape index (κ3) is 6.20. The molecule has 0 saturated carbocycles. The van der Waals surface area contributed by atoms with Crippen LogP contribution in [-0.2, 0) is 4.79 Å². The van der Waals surface area contributed by atoms with Gasteiger partial charge in [0.2, 0.25) is 17.9 Å². The summed E-state index contributed by atoms with van der Waals surface area (Å²) in [5.74, 6) is -1.02. The number of hydrogen-bond acceptors (Lipinski definition) is 7. The standard InChI is InChI=1S/C29H31ClF3N5O3/c1-16-3-4-18(11-17(16)2)21-12-19(30)5-6-20(21)25(29(31,32)33)41-24-13-23(36-27(34)37-24)38-9-7-28(8-10-38)14-22(26(39)40)35-15-28/h3-6,11-13,22,25,35H,7-10,14-15H2,1-2H3,(H,39,40)(H2,34,36,37)/t22?,25-/m1/s1. The fraction of sp³-hybridized carbons (Fsp3) is 0.414. The van der Waals surface area contributed by atoms with Crippen molar-refractivity contribution in [1.29, 1.82) is 0 Å². The lowest BCUT2D eigenvalue weighted by atomic mass is 9.76. The molecule has 4 N–H and O–H groups in total. The summed E-state index contributed by atoms with van der Waals surface area (Å²) in [6, 6.07) is 10.4.